The van der Waals surface area contributed by atoms with Crippen molar-refractivity contribution < 1.29 is 4.79 Å². The van der Waals surface area contributed by atoms with Crippen molar-refractivity contribution >= 4 is 17.5 Å². The minimum Gasteiger partial charge on any atom is -0.379 e. The van der Waals surface area contributed by atoms with E-state index >= 15 is 0 Å². The van der Waals surface area contributed by atoms with Crippen LogP contribution in [0.3, 0.4) is 0 Å². The van der Waals surface area contributed by atoms with Gasteiger partial charge in [0.25, 0.3) is 0 Å². The zero-order valence-electron chi connectivity index (χ0n) is 18.4. The van der Waals surface area contributed by atoms with Crippen molar-refractivity contribution in [3.8, 4) is 0 Å². The zero-order valence-corrected chi connectivity index (χ0v) is 18.4. The average Bonchev–Trinajstić information content (AvgIpc) is 2.65. The lowest BCUT2D eigenvalue weighted by Crippen LogP contribution is -2.54. The molecule has 1 saturated heterocycles. The summed E-state index contributed by atoms with van der Waals surface area (Å²) < 4.78 is 0. The Labute approximate surface area is 175 Å². The number of aromatic nitrogens is 2. The molecule has 2 aliphatic carbocycles. The van der Waals surface area contributed by atoms with Gasteiger partial charge in [0.1, 0.15) is 0 Å². The minimum absolute atomic E-state index is 0.100. The number of nitrogens with two attached hydrogens (primary N) is 1. The molecule has 4 rings (SSSR count). The van der Waals surface area contributed by atoms with Crippen LogP contribution < -0.4 is 16.0 Å². The number of hydrogen-bond acceptors (Lipinski definition) is 5. The van der Waals surface area contributed by atoms with Crippen molar-refractivity contribution in [3.05, 3.63) is 12.4 Å². The molecule has 0 radical (unpaired) electrons. The van der Waals surface area contributed by atoms with Gasteiger partial charge >= 0.3 is 0 Å². The summed E-state index contributed by atoms with van der Waals surface area (Å²) in [7, 11) is 0. The quantitative estimate of drug-likeness (QED) is 0.804. The number of rotatable bonds is 4. The number of piperidine rings is 1. The van der Waals surface area contributed by atoms with Crippen molar-refractivity contribution in [2.24, 2.45) is 34.3 Å². The number of anilines is 2. The SMILES string of the molecule is CC1CC2CC(C(N)=O)(C1)CC(C)C2Nc1cnc(N2CCC(C)(C)CC2)nc1. The summed E-state index contributed by atoms with van der Waals surface area (Å²) in [5.41, 5.74) is 6.95. The molecule has 3 aliphatic rings. The van der Waals surface area contributed by atoms with E-state index in [1.54, 1.807) is 0 Å². The van der Waals surface area contributed by atoms with Crippen molar-refractivity contribution in [1.82, 2.24) is 9.97 Å². The van der Waals surface area contributed by atoms with E-state index in [2.05, 4.69) is 47.9 Å². The summed E-state index contributed by atoms with van der Waals surface area (Å²) in [6, 6.07) is 0.343. The molecule has 0 aromatic carbocycles. The summed E-state index contributed by atoms with van der Waals surface area (Å²) in [5.74, 6) is 2.15. The normalized spacial score (nSPS) is 36.5. The van der Waals surface area contributed by atoms with Crippen LogP contribution in [0.15, 0.2) is 12.4 Å². The van der Waals surface area contributed by atoms with Crippen LogP contribution in [0, 0.1) is 28.6 Å². The van der Waals surface area contributed by atoms with E-state index in [1.807, 2.05) is 12.4 Å². The number of fused-ring (bicyclic) bond motifs is 2. The lowest BCUT2D eigenvalue weighted by molar-refractivity contribution is -0.136. The summed E-state index contributed by atoms with van der Waals surface area (Å²) in [5, 5.41) is 3.71. The first-order valence-corrected chi connectivity index (χ1v) is 11.3. The summed E-state index contributed by atoms with van der Waals surface area (Å²) >= 11 is 0. The van der Waals surface area contributed by atoms with Crippen LogP contribution in [0.1, 0.15) is 66.2 Å². The maximum atomic E-state index is 12.2. The minimum atomic E-state index is -0.303. The summed E-state index contributed by atoms with van der Waals surface area (Å²) in [4.78, 5) is 23.9. The second kappa shape index (κ2) is 7.44. The Morgan fingerprint density at radius 2 is 1.79 bits per heavy atom. The van der Waals surface area contributed by atoms with E-state index in [0.29, 0.717) is 29.2 Å². The largest absolute Gasteiger partial charge is 0.379 e. The third-order valence-corrected chi connectivity index (χ3v) is 7.82. The maximum Gasteiger partial charge on any atom is 0.225 e. The van der Waals surface area contributed by atoms with Crippen LogP contribution in [-0.2, 0) is 4.79 Å². The van der Waals surface area contributed by atoms with Gasteiger partial charge in [0, 0.05) is 24.5 Å². The van der Waals surface area contributed by atoms with Gasteiger partial charge in [-0.05, 0) is 61.7 Å². The smallest absolute Gasteiger partial charge is 0.225 e. The van der Waals surface area contributed by atoms with Gasteiger partial charge in [-0.15, -0.1) is 0 Å². The fourth-order valence-corrected chi connectivity index (χ4v) is 6.21. The maximum absolute atomic E-state index is 12.2. The second-order valence-electron chi connectivity index (χ2n) is 10.9. The lowest BCUT2D eigenvalue weighted by atomic mass is 9.54. The fraction of sp³-hybridized carbons (Fsp3) is 0.783. The van der Waals surface area contributed by atoms with Crippen molar-refractivity contribution in [1.29, 1.82) is 0 Å². The average molecular weight is 400 g/mol. The number of carbonyl (C=O) groups is 1. The van der Waals surface area contributed by atoms with E-state index in [0.717, 1.165) is 50.4 Å². The number of nitrogens with one attached hydrogen (secondary N) is 1. The molecule has 2 bridgehead atoms. The van der Waals surface area contributed by atoms with E-state index in [9.17, 15) is 4.79 Å². The highest BCUT2D eigenvalue weighted by molar-refractivity contribution is 5.81. The number of hydrogen-bond donors (Lipinski definition) is 2. The Hall–Kier alpha value is -1.85. The second-order valence-corrected chi connectivity index (χ2v) is 10.9. The van der Waals surface area contributed by atoms with Crippen LogP contribution in [0.4, 0.5) is 11.6 Å². The van der Waals surface area contributed by atoms with Gasteiger partial charge in [0.15, 0.2) is 0 Å². The highest BCUT2D eigenvalue weighted by Gasteiger charge is 2.51. The molecule has 29 heavy (non-hydrogen) atoms. The number of primary amides is 1. The van der Waals surface area contributed by atoms with E-state index in [-0.39, 0.29) is 11.3 Å². The number of nitrogens with zero attached hydrogens (tertiary/aromatic N) is 3. The first kappa shape index (κ1) is 20.4. The molecule has 5 atom stereocenters. The molecule has 0 spiro atoms. The molecule has 1 amide bonds. The van der Waals surface area contributed by atoms with Gasteiger partial charge in [-0.25, -0.2) is 9.97 Å². The third kappa shape index (κ3) is 4.08. The molecule has 2 heterocycles. The Kier molecular flexibility index (Phi) is 5.24. The predicted molar refractivity (Wildman–Crippen MR) is 117 cm³/mol. The van der Waals surface area contributed by atoms with Gasteiger partial charge < -0.3 is 16.0 Å². The molecule has 1 aromatic rings. The summed E-state index contributed by atoms with van der Waals surface area (Å²) in [6.07, 6.45) is 10.1. The molecule has 2 saturated carbocycles. The summed E-state index contributed by atoms with van der Waals surface area (Å²) in [6.45, 7) is 11.2. The topological polar surface area (TPSA) is 84.1 Å². The lowest BCUT2D eigenvalue weighted by Gasteiger charge is -2.52. The molecule has 6 nitrogen and oxygen atoms in total. The fourth-order valence-electron chi connectivity index (χ4n) is 6.21. The molecule has 1 aliphatic heterocycles. The van der Waals surface area contributed by atoms with Crippen LogP contribution in [0.5, 0.6) is 0 Å². The Balaban J connectivity index is 1.43. The van der Waals surface area contributed by atoms with Crippen molar-refractivity contribution in [2.75, 3.05) is 23.3 Å². The molecular formula is C23H37N5O. The van der Waals surface area contributed by atoms with Crippen LogP contribution in [0.25, 0.3) is 0 Å². The highest BCUT2D eigenvalue weighted by atomic mass is 16.1. The van der Waals surface area contributed by atoms with Gasteiger partial charge in [-0.2, -0.15) is 0 Å². The predicted octanol–water partition coefficient (Wildman–Crippen LogP) is 3.83. The van der Waals surface area contributed by atoms with E-state index < -0.39 is 0 Å². The number of carbonyl (C=O) groups excluding carboxylic acids is 1. The molecule has 6 heteroatoms. The van der Waals surface area contributed by atoms with Gasteiger partial charge in [-0.1, -0.05) is 27.7 Å². The number of amides is 1. The first-order valence-electron chi connectivity index (χ1n) is 11.3. The van der Waals surface area contributed by atoms with Crippen molar-refractivity contribution in [3.63, 3.8) is 0 Å². The van der Waals surface area contributed by atoms with Gasteiger partial charge in [0.05, 0.1) is 18.1 Å². The monoisotopic (exact) mass is 399 g/mol. The third-order valence-electron chi connectivity index (χ3n) is 7.82. The van der Waals surface area contributed by atoms with E-state index in [1.165, 1.54) is 12.8 Å². The van der Waals surface area contributed by atoms with Crippen molar-refractivity contribution in [2.45, 2.75) is 72.3 Å². The van der Waals surface area contributed by atoms with Gasteiger partial charge in [-0.3, -0.25) is 4.79 Å². The molecule has 160 valence electrons. The Morgan fingerprint density at radius 1 is 1.14 bits per heavy atom. The Bertz CT molecular complexity index is 734. The van der Waals surface area contributed by atoms with Crippen LogP contribution >= 0.6 is 0 Å². The Morgan fingerprint density at radius 3 is 2.41 bits per heavy atom. The van der Waals surface area contributed by atoms with E-state index in [4.69, 9.17) is 5.73 Å². The molecule has 3 fully saturated rings. The van der Waals surface area contributed by atoms with Gasteiger partial charge in [0.2, 0.25) is 11.9 Å². The molecule has 1 aromatic heterocycles. The highest BCUT2D eigenvalue weighted by Crippen LogP contribution is 2.53. The molecule has 5 unspecified atom stereocenters. The molecular weight excluding hydrogens is 362 g/mol. The molecule has 3 N–H and O–H groups in total. The first-order chi connectivity index (χ1) is 13.7. The van der Waals surface area contributed by atoms with Crippen LogP contribution in [0.2, 0.25) is 0 Å². The van der Waals surface area contributed by atoms with Crippen LogP contribution in [-0.4, -0.2) is 35.0 Å². The standard InChI is InChI=1S/C23H37N5O/c1-15-9-17-12-23(10-15,20(24)29)11-16(2)19(17)27-18-13-25-21(26-14-18)28-7-5-22(3,4)6-8-28/h13-17,19,27H,5-12H2,1-4H3,(H2,24,29). The zero-order chi connectivity index (χ0) is 20.8.